The highest BCUT2D eigenvalue weighted by molar-refractivity contribution is 6.05. The lowest BCUT2D eigenvalue weighted by molar-refractivity contribution is -0.151. The van der Waals surface area contributed by atoms with Gasteiger partial charge in [-0.1, -0.05) is 114 Å². The van der Waals surface area contributed by atoms with Crippen LogP contribution in [0.4, 0.5) is 11.4 Å². The van der Waals surface area contributed by atoms with Crippen molar-refractivity contribution in [1.29, 1.82) is 0 Å². The lowest BCUT2D eigenvalue weighted by Gasteiger charge is -2.18. The summed E-state index contributed by atoms with van der Waals surface area (Å²) in [5.41, 5.74) is 1.52. The Hall–Kier alpha value is -3.88. The van der Waals surface area contributed by atoms with Crippen LogP contribution in [0.5, 0.6) is 5.75 Å². The molecule has 0 fully saturated rings. The van der Waals surface area contributed by atoms with Crippen LogP contribution >= 0.6 is 0 Å². The van der Waals surface area contributed by atoms with Crippen molar-refractivity contribution in [3.8, 4) is 5.75 Å². The highest BCUT2D eigenvalue weighted by Gasteiger charge is 2.29. The number of carbonyl (C=O) groups is 4. The monoisotopic (exact) mass is 652 g/mol. The van der Waals surface area contributed by atoms with Crippen molar-refractivity contribution >= 4 is 35.1 Å². The van der Waals surface area contributed by atoms with E-state index in [0.717, 1.165) is 24.8 Å². The zero-order chi connectivity index (χ0) is 34.1. The molecule has 1 atom stereocenters. The van der Waals surface area contributed by atoms with Gasteiger partial charge >= 0.3 is 11.9 Å². The fourth-order valence-corrected chi connectivity index (χ4v) is 5.28. The molecule has 2 aromatic rings. The molecule has 0 saturated heterocycles. The molecule has 47 heavy (non-hydrogen) atoms. The summed E-state index contributed by atoms with van der Waals surface area (Å²) < 4.78 is 15.9. The van der Waals surface area contributed by atoms with Crippen molar-refractivity contribution in [3.05, 3.63) is 54.1 Å². The molecule has 2 aromatic carbocycles. The van der Waals surface area contributed by atoms with Crippen molar-refractivity contribution in [1.82, 2.24) is 0 Å². The third kappa shape index (κ3) is 17.0. The van der Waals surface area contributed by atoms with Crippen molar-refractivity contribution in [2.24, 2.45) is 5.92 Å². The molecule has 0 spiro atoms. The van der Waals surface area contributed by atoms with Gasteiger partial charge in [0.05, 0.1) is 18.9 Å². The van der Waals surface area contributed by atoms with E-state index in [1.165, 1.54) is 64.2 Å². The molecule has 0 bridgehead atoms. The fourth-order valence-electron chi connectivity index (χ4n) is 5.28. The minimum absolute atomic E-state index is 0.119. The van der Waals surface area contributed by atoms with E-state index < -0.39 is 30.4 Å². The van der Waals surface area contributed by atoms with E-state index in [1.54, 1.807) is 32.0 Å². The quantitative estimate of drug-likeness (QED) is 0.0628. The van der Waals surface area contributed by atoms with E-state index >= 15 is 0 Å². The van der Waals surface area contributed by atoms with E-state index in [2.05, 4.69) is 17.6 Å². The number of unbranched alkanes of at least 4 members (excludes halogenated alkanes) is 12. The highest BCUT2D eigenvalue weighted by Crippen LogP contribution is 2.30. The molecule has 1 unspecified atom stereocenters. The molecule has 260 valence electrons. The average Bonchev–Trinajstić information content (AvgIpc) is 3.06. The van der Waals surface area contributed by atoms with Crippen LogP contribution in [-0.2, 0) is 35.1 Å². The van der Waals surface area contributed by atoms with E-state index in [9.17, 15) is 19.2 Å². The minimum atomic E-state index is -1.10. The van der Waals surface area contributed by atoms with Crippen LogP contribution in [0, 0.1) is 5.92 Å². The maximum absolute atomic E-state index is 13.4. The summed E-state index contributed by atoms with van der Waals surface area (Å²) >= 11 is 0. The van der Waals surface area contributed by atoms with Crippen molar-refractivity contribution in [3.63, 3.8) is 0 Å². The van der Waals surface area contributed by atoms with Gasteiger partial charge in [0, 0.05) is 18.2 Å². The van der Waals surface area contributed by atoms with Crippen molar-refractivity contribution in [2.45, 2.75) is 117 Å². The molecule has 2 amide bonds. The Kier molecular flexibility index (Phi) is 20.3. The average molecular weight is 653 g/mol. The highest BCUT2D eigenvalue weighted by atomic mass is 16.6. The van der Waals surface area contributed by atoms with Gasteiger partial charge in [0.25, 0.3) is 0 Å². The number of anilines is 2. The Bertz CT molecular complexity index is 1200. The van der Waals surface area contributed by atoms with Gasteiger partial charge in [0.1, 0.15) is 11.7 Å². The van der Waals surface area contributed by atoms with Crippen LogP contribution < -0.4 is 15.4 Å². The molecule has 9 nitrogen and oxygen atoms in total. The van der Waals surface area contributed by atoms with Gasteiger partial charge < -0.3 is 24.8 Å². The van der Waals surface area contributed by atoms with Crippen LogP contribution in [0.25, 0.3) is 0 Å². The molecule has 0 saturated carbocycles. The van der Waals surface area contributed by atoms with Gasteiger partial charge in [-0.15, -0.1) is 0 Å². The predicted molar refractivity (Wildman–Crippen MR) is 186 cm³/mol. The summed E-state index contributed by atoms with van der Waals surface area (Å²) in [6, 6.07) is 14.0. The molecule has 9 heteroatoms. The first-order chi connectivity index (χ1) is 22.9. The number of hydrogen-bond donors (Lipinski definition) is 2. The second-order valence-electron chi connectivity index (χ2n) is 11.8. The van der Waals surface area contributed by atoms with Crippen LogP contribution in [0.1, 0.15) is 116 Å². The molecule has 0 heterocycles. The van der Waals surface area contributed by atoms with Crippen LogP contribution in [-0.4, -0.2) is 43.6 Å². The Labute approximate surface area is 281 Å². The number of esters is 2. The zero-order valence-corrected chi connectivity index (χ0v) is 28.8. The molecular formula is C38H56N2O7. The Morgan fingerprint density at radius 3 is 1.87 bits per heavy atom. The zero-order valence-electron chi connectivity index (χ0n) is 28.8. The first-order valence-electron chi connectivity index (χ1n) is 17.6. The maximum Gasteiger partial charge on any atom is 0.344 e. The van der Waals surface area contributed by atoms with Gasteiger partial charge in [0.15, 0.2) is 6.61 Å². The summed E-state index contributed by atoms with van der Waals surface area (Å²) in [5, 5.41) is 5.64. The molecule has 0 aliphatic rings. The second kappa shape index (κ2) is 24.3. The third-order valence-corrected chi connectivity index (χ3v) is 7.85. The van der Waals surface area contributed by atoms with E-state index in [0.29, 0.717) is 12.1 Å². The van der Waals surface area contributed by atoms with Crippen molar-refractivity contribution in [2.75, 3.05) is 30.5 Å². The largest absolute Gasteiger partial charge is 0.480 e. The SMILES string of the molecule is CCCCCCCCCCCCCCCC(=O)Nc1ccc(NC(=O)C(Cc2ccccc2)C(=O)OCC)c(OCC(=O)OCC)c1. The van der Waals surface area contributed by atoms with E-state index in [-0.39, 0.29) is 37.0 Å². The number of carbonyl (C=O) groups excluding carboxylic acids is 4. The molecule has 2 rings (SSSR count). The van der Waals surface area contributed by atoms with Crippen LogP contribution in [0.15, 0.2) is 48.5 Å². The Morgan fingerprint density at radius 2 is 1.28 bits per heavy atom. The molecule has 0 radical (unpaired) electrons. The minimum Gasteiger partial charge on any atom is -0.480 e. The summed E-state index contributed by atoms with van der Waals surface area (Å²) in [5.74, 6) is -2.85. The maximum atomic E-state index is 13.4. The van der Waals surface area contributed by atoms with Gasteiger partial charge in [-0.25, -0.2) is 4.79 Å². The first kappa shape index (κ1) is 39.3. The van der Waals surface area contributed by atoms with Gasteiger partial charge in [-0.3, -0.25) is 14.4 Å². The van der Waals surface area contributed by atoms with Gasteiger partial charge in [-0.05, 0) is 44.4 Å². The summed E-state index contributed by atoms with van der Waals surface area (Å²) in [4.78, 5) is 50.8. The topological polar surface area (TPSA) is 120 Å². The molecular weight excluding hydrogens is 596 g/mol. The van der Waals surface area contributed by atoms with Gasteiger partial charge in [0.2, 0.25) is 11.8 Å². The number of nitrogens with one attached hydrogen (secondary N) is 2. The molecule has 2 N–H and O–H groups in total. The number of benzene rings is 2. The standard InChI is InChI=1S/C38H56N2O7/c1-4-7-8-9-10-11-12-13-14-15-16-17-21-24-35(41)39-31-25-26-33(34(28-31)47-29-36(42)45-5-2)40-37(43)32(38(44)46-6-3)27-30-22-19-18-20-23-30/h18-20,22-23,25-26,28,32H,4-17,21,24,27,29H2,1-3H3,(H,39,41)(H,40,43). The molecule has 0 aliphatic carbocycles. The molecule has 0 aliphatic heterocycles. The number of hydrogen-bond acceptors (Lipinski definition) is 7. The fraction of sp³-hybridized carbons (Fsp3) is 0.579. The van der Waals surface area contributed by atoms with Gasteiger partial charge in [-0.2, -0.15) is 0 Å². The summed E-state index contributed by atoms with van der Waals surface area (Å²) in [6.07, 6.45) is 16.6. The summed E-state index contributed by atoms with van der Waals surface area (Å²) in [7, 11) is 0. The van der Waals surface area contributed by atoms with Crippen LogP contribution in [0.2, 0.25) is 0 Å². The predicted octanol–water partition coefficient (Wildman–Crippen LogP) is 8.41. The van der Waals surface area contributed by atoms with E-state index in [4.69, 9.17) is 14.2 Å². The molecule has 0 aromatic heterocycles. The third-order valence-electron chi connectivity index (χ3n) is 7.85. The smallest absolute Gasteiger partial charge is 0.344 e. The Balaban J connectivity index is 1.92. The lowest BCUT2D eigenvalue weighted by Crippen LogP contribution is -2.33. The van der Waals surface area contributed by atoms with Crippen LogP contribution in [0.3, 0.4) is 0 Å². The van der Waals surface area contributed by atoms with E-state index in [1.807, 2.05) is 30.3 Å². The second-order valence-corrected chi connectivity index (χ2v) is 11.8. The number of rotatable bonds is 25. The van der Waals surface area contributed by atoms with Crippen molar-refractivity contribution < 1.29 is 33.4 Å². The first-order valence-corrected chi connectivity index (χ1v) is 17.6. The summed E-state index contributed by atoms with van der Waals surface area (Å²) in [6.45, 7) is 5.57. The Morgan fingerprint density at radius 1 is 0.681 bits per heavy atom. The number of amides is 2. The number of ether oxygens (including phenoxy) is 3. The normalized spacial score (nSPS) is 11.4. The lowest BCUT2D eigenvalue weighted by atomic mass is 9.98.